The standard InChI is InChI=1S/C18H17NO/c1-20-19-17-11-13-10-9-12-5-2-3-6-14(12)15-7-4-8-16(17)18(13)15/h2-8,13H,9-11H2,1H3. The zero-order valence-corrected chi connectivity index (χ0v) is 11.6. The van der Waals surface area contributed by atoms with Gasteiger partial charge in [-0.3, -0.25) is 0 Å². The molecule has 1 atom stereocenters. The number of hydrogen-bond donors (Lipinski definition) is 0. The zero-order chi connectivity index (χ0) is 13.5. The normalized spacial score (nSPS) is 21.2. The van der Waals surface area contributed by atoms with Crippen LogP contribution < -0.4 is 0 Å². The van der Waals surface area contributed by atoms with Gasteiger partial charge in [-0.25, -0.2) is 0 Å². The van der Waals surface area contributed by atoms with Gasteiger partial charge in [-0.1, -0.05) is 47.6 Å². The molecule has 100 valence electrons. The third kappa shape index (κ3) is 1.61. The maximum absolute atomic E-state index is 5.02. The third-order valence-electron chi connectivity index (χ3n) is 4.54. The summed E-state index contributed by atoms with van der Waals surface area (Å²) >= 11 is 0. The molecule has 0 fully saturated rings. The second-order valence-electron chi connectivity index (χ2n) is 5.58. The molecule has 0 aromatic heterocycles. The lowest BCUT2D eigenvalue weighted by molar-refractivity contribution is 0.213. The van der Waals surface area contributed by atoms with Gasteiger partial charge < -0.3 is 4.84 Å². The highest BCUT2D eigenvalue weighted by Crippen LogP contribution is 2.46. The average Bonchev–Trinajstić information content (AvgIpc) is 2.75. The number of rotatable bonds is 1. The average molecular weight is 263 g/mol. The first-order valence-corrected chi connectivity index (χ1v) is 7.20. The summed E-state index contributed by atoms with van der Waals surface area (Å²) in [6.45, 7) is 0. The van der Waals surface area contributed by atoms with Gasteiger partial charge in [0, 0.05) is 12.0 Å². The molecule has 2 aromatic carbocycles. The molecule has 2 aromatic rings. The quantitative estimate of drug-likeness (QED) is 0.709. The third-order valence-corrected chi connectivity index (χ3v) is 4.54. The van der Waals surface area contributed by atoms with Crippen LogP contribution in [0.2, 0.25) is 0 Å². The van der Waals surface area contributed by atoms with Crippen molar-refractivity contribution < 1.29 is 4.84 Å². The number of benzene rings is 2. The fraction of sp³-hybridized carbons (Fsp3) is 0.278. The van der Waals surface area contributed by atoms with Crippen molar-refractivity contribution in [3.63, 3.8) is 0 Å². The molecule has 0 saturated heterocycles. The Morgan fingerprint density at radius 1 is 1.00 bits per heavy atom. The number of hydrogen-bond acceptors (Lipinski definition) is 2. The van der Waals surface area contributed by atoms with E-state index in [0.717, 1.165) is 18.6 Å². The summed E-state index contributed by atoms with van der Waals surface area (Å²) in [6.07, 6.45) is 3.35. The highest BCUT2D eigenvalue weighted by Gasteiger charge is 2.32. The summed E-state index contributed by atoms with van der Waals surface area (Å²) in [4.78, 5) is 5.02. The number of fused-ring (bicyclic) bond motifs is 2. The number of nitrogens with zero attached hydrogens (tertiary/aromatic N) is 1. The lowest BCUT2D eigenvalue weighted by Gasteiger charge is -2.11. The molecule has 2 heteroatoms. The summed E-state index contributed by atoms with van der Waals surface area (Å²) in [6, 6.07) is 15.4. The van der Waals surface area contributed by atoms with Gasteiger partial charge in [0.15, 0.2) is 0 Å². The molecule has 0 saturated carbocycles. The van der Waals surface area contributed by atoms with E-state index in [1.165, 1.54) is 34.2 Å². The van der Waals surface area contributed by atoms with Crippen LogP contribution in [0.4, 0.5) is 0 Å². The van der Waals surface area contributed by atoms with Crippen LogP contribution in [0.1, 0.15) is 35.4 Å². The minimum Gasteiger partial charge on any atom is -0.399 e. The Labute approximate surface area is 119 Å². The van der Waals surface area contributed by atoms with Crippen molar-refractivity contribution in [3.05, 3.63) is 59.2 Å². The van der Waals surface area contributed by atoms with Crippen molar-refractivity contribution >= 4 is 5.71 Å². The van der Waals surface area contributed by atoms with Crippen LogP contribution in [0.3, 0.4) is 0 Å². The van der Waals surface area contributed by atoms with Crippen molar-refractivity contribution in [1.29, 1.82) is 0 Å². The Balaban J connectivity index is 1.99. The lowest BCUT2D eigenvalue weighted by Crippen LogP contribution is -1.97. The zero-order valence-electron chi connectivity index (χ0n) is 11.6. The lowest BCUT2D eigenvalue weighted by atomic mass is 9.92. The van der Waals surface area contributed by atoms with Crippen LogP contribution in [0.25, 0.3) is 11.1 Å². The predicted molar refractivity (Wildman–Crippen MR) is 81.1 cm³/mol. The molecule has 20 heavy (non-hydrogen) atoms. The largest absolute Gasteiger partial charge is 0.399 e. The van der Waals surface area contributed by atoms with Gasteiger partial charge in [0.25, 0.3) is 0 Å². The molecule has 0 heterocycles. The molecule has 4 rings (SSSR count). The summed E-state index contributed by atoms with van der Waals surface area (Å²) in [7, 11) is 1.63. The Morgan fingerprint density at radius 3 is 2.70 bits per heavy atom. The van der Waals surface area contributed by atoms with Crippen LogP contribution in [0, 0.1) is 0 Å². The Hall–Kier alpha value is -2.09. The molecule has 0 radical (unpaired) electrons. The van der Waals surface area contributed by atoms with Crippen LogP contribution in [0.15, 0.2) is 47.6 Å². The van der Waals surface area contributed by atoms with Crippen LogP contribution in [-0.4, -0.2) is 12.8 Å². The molecular weight excluding hydrogens is 246 g/mol. The van der Waals surface area contributed by atoms with E-state index < -0.39 is 0 Å². The molecule has 0 bridgehead atoms. The van der Waals surface area contributed by atoms with E-state index in [9.17, 15) is 0 Å². The second-order valence-corrected chi connectivity index (χ2v) is 5.58. The maximum Gasteiger partial charge on any atom is 0.106 e. The van der Waals surface area contributed by atoms with Crippen LogP contribution >= 0.6 is 0 Å². The Bertz CT molecular complexity index is 702. The monoisotopic (exact) mass is 263 g/mol. The smallest absolute Gasteiger partial charge is 0.106 e. The van der Waals surface area contributed by atoms with Gasteiger partial charge in [-0.05, 0) is 41.0 Å². The summed E-state index contributed by atoms with van der Waals surface area (Å²) in [5.74, 6) is 0.586. The fourth-order valence-corrected chi connectivity index (χ4v) is 3.71. The van der Waals surface area contributed by atoms with Gasteiger partial charge in [-0.2, -0.15) is 0 Å². The van der Waals surface area contributed by atoms with Crippen molar-refractivity contribution in [2.24, 2.45) is 5.16 Å². The molecule has 2 aliphatic rings. The highest BCUT2D eigenvalue weighted by molar-refractivity contribution is 6.07. The Kier molecular flexibility index (Phi) is 2.62. The van der Waals surface area contributed by atoms with Crippen molar-refractivity contribution in [2.75, 3.05) is 7.11 Å². The first-order chi connectivity index (χ1) is 9.88. The number of aryl methyl sites for hydroxylation is 1. The molecule has 0 spiro atoms. The number of oxime groups is 1. The summed E-state index contributed by atoms with van der Waals surface area (Å²) in [5, 5.41) is 4.24. The minimum atomic E-state index is 0.586. The van der Waals surface area contributed by atoms with Gasteiger partial charge in [0.1, 0.15) is 7.11 Å². The predicted octanol–water partition coefficient (Wildman–Crippen LogP) is 4.14. The van der Waals surface area contributed by atoms with Gasteiger partial charge in [0.2, 0.25) is 0 Å². The minimum absolute atomic E-state index is 0.586. The summed E-state index contributed by atoms with van der Waals surface area (Å²) in [5.41, 5.74) is 8.13. The van der Waals surface area contributed by atoms with Crippen LogP contribution in [-0.2, 0) is 11.3 Å². The SMILES string of the molecule is CON=C1CC2CCc3ccccc3-c3cccc1c32. The van der Waals surface area contributed by atoms with E-state index >= 15 is 0 Å². The van der Waals surface area contributed by atoms with Crippen molar-refractivity contribution in [2.45, 2.75) is 25.2 Å². The van der Waals surface area contributed by atoms with E-state index in [-0.39, 0.29) is 0 Å². The molecular formula is C18H17NO. The van der Waals surface area contributed by atoms with E-state index in [1.807, 2.05) is 0 Å². The highest BCUT2D eigenvalue weighted by atomic mass is 16.6. The first-order valence-electron chi connectivity index (χ1n) is 7.20. The van der Waals surface area contributed by atoms with Crippen LogP contribution in [0.5, 0.6) is 0 Å². The van der Waals surface area contributed by atoms with E-state index in [4.69, 9.17) is 4.84 Å². The maximum atomic E-state index is 5.02. The first kappa shape index (κ1) is 11.7. The Morgan fingerprint density at radius 2 is 1.80 bits per heavy atom. The molecule has 2 aliphatic carbocycles. The summed E-state index contributed by atoms with van der Waals surface area (Å²) < 4.78 is 0. The molecule has 1 unspecified atom stereocenters. The fourth-order valence-electron chi connectivity index (χ4n) is 3.71. The molecule has 0 amide bonds. The van der Waals surface area contributed by atoms with Gasteiger partial charge in [-0.15, -0.1) is 0 Å². The molecule has 2 nitrogen and oxygen atoms in total. The topological polar surface area (TPSA) is 21.6 Å². The molecule has 0 aliphatic heterocycles. The molecule has 0 N–H and O–H groups in total. The van der Waals surface area contributed by atoms with Gasteiger partial charge in [0.05, 0.1) is 5.71 Å². The van der Waals surface area contributed by atoms with Gasteiger partial charge >= 0.3 is 0 Å². The van der Waals surface area contributed by atoms with E-state index in [0.29, 0.717) is 5.92 Å². The second kappa shape index (κ2) is 4.48. The van der Waals surface area contributed by atoms with Crippen molar-refractivity contribution in [3.8, 4) is 11.1 Å². The van der Waals surface area contributed by atoms with E-state index in [1.54, 1.807) is 7.11 Å². The van der Waals surface area contributed by atoms with Crippen molar-refractivity contribution in [1.82, 2.24) is 0 Å². The van der Waals surface area contributed by atoms with E-state index in [2.05, 4.69) is 47.6 Å².